The van der Waals surface area contributed by atoms with E-state index in [2.05, 4.69) is 14.1 Å². The minimum absolute atomic E-state index is 0.160. The van der Waals surface area contributed by atoms with Crippen molar-refractivity contribution in [3.8, 4) is 0 Å². The van der Waals surface area contributed by atoms with E-state index in [0.717, 1.165) is 0 Å². The summed E-state index contributed by atoms with van der Waals surface area (Å²) in [7, 11) is 4.75. The number of hydrogen-bond acceptors (Lipinski definition) is 0. The van der Waals surface area contributed by atoms with E-state index in [-0.39, 0.29) is 22.9 Å². The number of quaternary nitrogens is 1. The molecule has 0 atom stereocenters. The number of rotatable bonds is 0. The van der Waals surface area contributed by atoms with Crippen LogP contribution in [0.3, 0.4) is 0 Å². The molecule has 1 saturated heterocycles. The van der Waals surface area contributed by atoms with Gasteiger partial charge in [-0.2, -0.15) is 0 Å². The van der Waals surface area contributed by atoms with E-state index in [1.54, 1.807) is 8.35 Å². The summed E-state index contributed by atoms with van der Waals surface area (Å²) in [5.74, 6) is 0. The Morgan fingerprint density at radius 1 is 1.00 bits per heavy atom. The van der Waals surface area contributed by atoms with Crippen molar-refractivity contribution in [2.24, 2.45) is 0 Å². The predicted molar refractivity (Wildman–Crippen MR) is 47.8 cm³/mol. The van der Waals surface area contributed by atoms with E-state index in [9.17, 15) is 0 Å². The second kappa shape index (κ2) is 4.01. The molecule has 1 aliphatic heterocycles. The molecule has 1 rings (SSSR count). The third-order valence-electron chi connectivity index (χ3n) is 2.53. The van der Waals surface area contributed by atoms with E-state index < -0.39 is 0 Å². The van der Waals surface area contributed by atoms with Crippen LogP contribution in [0.15, 0.2) is 0 Å². The molecule has 1 nitrogen and oxygen atoms in total. The maximum absolute atomic E-state index is 2.38. The van der Waals surface area contributed by atoms with E-state index in [1.165, 1.54) is 30.4 Å². The zero-order valence-corrected chi connectivity index (χ0v) is 11.4. The maximum atomic E-state index is 2.38. The first-order valence-electron chi connectivity index (χ1n) is 4.53. The van der Waals surface area contributed by atoms with Gasteiger partial charge in [-0.1, -0.05) is 0 Å². The summed E-state index contributed by atoms with van der Waals surface area (Å²) in [6, 6.07) is 0. The van der Waals surface area contributed by atoms with E-state index >= 15 is 0 Å². The Hall–Kier alpha value is 0.830. The molecular weight excluding hydrogens is 225 g/mol. The zero-order chi connectivity index (χ0) is 7.45. The van der Waals surface area contributed by atoms with Gasteiger partial charge in [0.15, 0.2) is 0 Å². The van der Waals surface area contributed by atoms with Crippen LogP contribution in [0.5, 0.6) is 0 Å². The van der Waals surface area contributed by atoms with Crippen molar-refractivity contribution in [1.82, 2.24) is 0 Å². The van der Waals surface area contributed by atoms with Crippen LogP contribution in [-0.2, 0) is 0 Å². The normalized spacial score (nSPS) is 26.2. The van der Waals surface area contributed by atoms with Gasteiger partial charge in [0.05, 0.1) is 0 Å². The third kappa shape index (κ3) is 3.29. The molecule has 10 heavy (non-hydrogen) atoms. The monoisotopic (exact) mass is 244 g/mol. The summed E-state index contributed by atoms with van der Waals surface area (Å²) in [4.78, 5) is 0. The van der Waals surface area contributed by atoms with Gasteiger partial charge in [0.25, 0.3) is 0 Å². The van der Waals surface area contributed by atoms with Gasteiger partial charge >= 0.3 is 75.8 Å². The van der Waals surface area contributed by atoms with Gasteiger partial charge in [0.1, 0.15) is 0 Å². The molecule has 0 aromatic heterocycles. The van der Waals surface area contributed by atoms with Crippen LogP contribution >= 0.6 is 0 Å². The van der Waals surface area contributed by atoms with Gasteiger partial charge in [0, 0.05) is 0 Å². The number of nitrogens with zero attached hydrogens (tertiary/aromatic N) is 1. The summed E-state index contributed by atoms with van der Waals surface area (Å²) in [6.45, 7) is 2.88. The van der Waals surface area contributed by atoms with Gasteiger partial charge < -0.3 is 0 Å². The Kier molecular flexibility index (Phi) is 3.58. The van der Waals surface area contributed by atoms with Gasteiger partial charge in [-0.05, 0) is 0 Å². The zero-order valence-electron chi connectivity index (χ0n) is 7.40. The Balaban J connectivity index is 2.30. The van der Waals surface area contributed by atoms with Gasteiger partial charge in [-0.25, -0.2) is 0 Å². The topological polar surface area (TPSA) is 0 Å². The van der Waals surface area contributed by atoms with Gasteiger partial charge in [0.2, 0.25) is 0 Å². The van der Waals surface area contributed by atoms with E-state index in [4.69, 9.17) is 0 Å². The van der Waals surface area contributed by atoms with Crippen molar-refractivity contribution >= 4 is 22.9 Å². The van der Waals surface area contributed by atoms with Gasteiger partial charge in [-0.3, -0.25) is 0 Å². The van der Waals surface area contributed by atoms with Crippen molar-refractivity contribution in [2.75, 3.05) is 27.2 Å². The average molecular weight is 244 g/mol. The summed E-state index contributed by atoms with van der Waals surface area (Å²) >= 11 is -0.160. The first-order chi connectivity index (χ1) is 4.71. The molecule has 0 amide bonds. The van der Waals surface area contributed by atoms with Crippen molar-refractivity contribution in [3.05, 3.63) is 0 Å². The Labute approximate surface area is 75.7 Å². The summed E-state index contributed by atoms with van der Waals surface area (Å²) < 4.78 is 4.62. The van der Waals surface area contributed by atoms with Gasteiger partial charge in [-0.15, -0.1) is 0 Å². The van der Waals surface area contributed by atoms with Crippen LogP contribution in [0.4, 0.5) is 0 Å². The fourth-order valence-corrected chi connectivity index (χ4v) is 6.03. The molecule has 0 bridgehead atoms. The molecule has 0 aliphatic carbocycles. The summed E-state index contributed by atoms with van der Waals surface area (Å²) in [6.07, 6.45) is 3.06. The predicted octanol–water partition coefficient (Wildman–Crippen LogP) is 1.13. The van der Waals surface area contributed by atoms with Crippen LogP contribution in [0.25, 0.3) is 0 Å². The SMILES string of the molecule is C[N+]1(C)CC[CH2][InH][CH2]CC1. The molecule has 0 spiro atoms. The first-order valence-corrected chi connectivity index (χ1v) is 10.2. The second-order valence-electron chi connectivity index (χ2n) is 4.15. The van der Waals surface area contributed by atoms with Crippen LogP contribution in [0.2, 0.25) is 8.35 Å². The molecule has 0 aromatic carbocycles. The van der Waals surface area contributed by atoms with Crippen molar-refractivity contribution in [2.45, 2.75) is 21.2 Å². The molecule has 1 fully saturated rings. The van der Waals surface area contributed by atoms with Crippen LogP contribution < -0.4 is 0 Å². The fraction of sp³-hybridized carbons (Fsp3) is 1.00. The van der Waals surface area contributed by atoms with Crippen molar-refractivity contribution < 1.29 is 4.48 Å². The standard InChI is InChI=1S/C8H18N.In.H/c1-5-7-9(3,4)8-6-2;;/h1-2,5-8H2,3-4H3;;/q+1;;. The quantitative estimate of drug-likeness (QED) is 0.560. The molecule has 1 heterocycles. The van der Waals surface area contributed by atoms with Crippen LogP contribution in [-0.4, -0.2) is 54.6 Å². The average Bonchev–Trinajstić information content (AvgIpc) is 1.81. The molecule has 0 aromatic rings. The molecule has 0 unspecified atom stereocenters. The van der Waals surface area contributed by atoms with E-state index in [0.29, 0.717) is 0 Å². The summed E-state index contributed by atoms with van der Waals surface area (Å²) in [5.41, 5.74) is 0. The Bertz CT molecular complexity index is 91.4. The van der Waals surface area contributed by atoms with Crippen LogP contribution in [0, 0.1) is 0 Å². The molecule has 0 N–H and O–H groups in total. The second-order valence-corrected chi connectivity index (χ2v) is 10.2. The first kappa shape index (κ1) is 8.92. The number of hydrogen-bond donors (Lipinski definition) is 0. The van der Waals surface area contributed by atoms with Crippen molar-refractivity contribution in [1.29, 1.82) is 0 Å². The third-order valence-corrected chi connectivity index (χ3v) is 8.24. The molecule has 58 valence electrons. The molecular formula is C8H19InN+. The summed E-state index contributed by atoms with van der Waals surface area (Å²) in [5, 5.41) is 0. The van der Waals surface area contributed by atoms with E-state index in [1.807, 2.05) is 0 Å². The molecule has 0 saturated carbocycles. The molecule has 0 radical (unpaired) electrons. The van der Waals surface area contributed by atoms with Crippen LogP contribution in [0.1, 0.15) is 12.8 Å². The van der Waals surface area contributed by atoms with Crippen molar-refractivity contribution in [3.63, 3.8) is 0 Å². The molecule has 2 heteroatoms. The minimum atomic E-state index is -0.160. The molecule has 1 aliphatic rings. The Morgan fingerprint density at radius 3 is 2.00 bits per heavy atom. The Morgan fingerprint density at radius 2 is 1.50 bits per heavy atom. The fourth-order valence-electron chi connectivity index (χ4n) is 1.72.